The molecule has 0 spiro atoms. The molecule has 0 saturated heterocycles. The number of carbonyl (C=O) groups is 1. The smallest absolute Gasteiger partial charge is 0.185 e. The van der Waals surface area contributed by atoms with Gasteiger partial charge in [-0.15, -0.1) is 0 Å². The number of hydrogen-bond acceptors (Lipinski definition) is 4. The molecule has 0 amide bonds. The van der Waals surface area contributed by atoms with Crippen LogP contribution in [0.4, 0.5) is 0 Å². The lowest BCUT2D eigenvalue weighted by Crippen LogP contribution is -1.93. The Morgan fingerprint density at radius 2 is 1.60 bits per heavy atom. The summed E-state index contributed by atoms with van der Waals surface area (Å²) in [7, 11) is 0. The number of ketones is 1. The topological polar surface area (TPSA) is 77.8 Å². The van der Waals surface area contributed by atoms with Crippen molar-refractivity contribution < 1.29 is 20.1 Å². The van der Waals surface area contributed by atoms with Gasteiger partial charge >= 0.3 is 0 Å². The van der Waals surface area contributed by atoms with Crippen LogP contribution in [0.5, 0.6) is 17.2 Å². The predicted molar refractivity (Wildman–Crippen MR) is 78.9 cm³/mol. The predicted octanol–water partition coefficient (Wildman–Crippen LogP) is 3.46. The third-order valence-corrected chi connectivity index (χ3v) is 3.35. The molecule has 0 atom stereocenters. The maximum atomic E-state index is 11.9. The average molecular weight is 335 g/mol. The molecule has 0 aliphatic carbocycles. The minimum absolute atomic E-state index is 0.0942. The zero-order valence-electron chi connectivity index (χ0n) is 10.2. The number of aromatic hydroxyl groups is 3. The minimum Gasteiger partial charge on any atom is -0.508 e. The van der Waals surface area contributed by atoms with E-state index >= 15 is 0 Å². The van der Waals surface area contributed by atoms with Crippen molar-refractivity contribution in [3.05, 3.63) is 58.1 Å². The van der Waals surface area contributed by atoms with Gasteiger partial charge in [-0.3, -0.25) is 4.79 Å². The van der Waals surface area contributed by atoms with E-state index in [1.807, 2.05) is 0 Å². The molecule has 0 bridgehead atoms. The van der Waals surface area contributed by atoms with E-state index in [2.05, 4.69) is 15.9 Å². The lowest BCUT2D eigenvalue weighted by Gasteiger charge is -2.02. The highest BCUT2D eigenvalue weighted by molar-refractivity contribution is 9.10. The zero-order chi connectivity index (χ0) is 14.7. The Kier molecular flexibility index (Phi) is 4.10. The molecular formula is C15H11BrO4. The molecule has 5 heteroatoms. The normalized spacial score (nSPS) is 10.8. The van der Waals surface area contributed by atoms with E-state index in [0.29, 0.717) is 15.6 Å². The first-order chi connectivity index (χ1) is 9.47. The highest BCUT2D eigenvalue weighted by Gasteiger charge is 2.06. The quantitative estimate of drug-likeness (QED) is 0.456. The first-order valence-electron chi connectivity index (χ1n) is 5.70. The summed E-state index contributed by atoms with van der Waals surface area (Å²) < 4.78 is 0.558. The Hall–Kier alpha value is -2.27. The fourth-order valence-corrected chi connectivity index (χ4v) is 2.05. The summed E-state index contributed by atoms with van der Waals surface area (Å²) in [6.45, 7) is 0. The summed E-state index contributed by atoms with van der Waals surface area (Å²) in [5.41, 5.74) is 1.01. The Labute approximate surface area is 123 Å². The van der Waals surface area contributed by atoms with Crippen LogP contribution in [-0.4, -0.2) is 21.1 Å². The molecule has 0 unspecified atom stereocenters. The maximum Gasteiger partial charge on any atom is 0.185 e. The molecule has 2 rings (SSSR count). The van der Waals surface area contributed by atoms with Crippen LogP contribution < -0.4 is 0 Å². The summed E-state index contributed by atoms with van der Waals surface area (Å²) in [4.78, 5) is 11.9. The Morgan fingerprint density at radius 1 is 1.00 bits per heavy atom. The molecule has 0 aliphatic heterocycles. The molecule has 0 fully saturated rings. The molecule has 2 aromatic rings. The molecule has 20 heavy (non-hydrogen) atoms. The van der Waals surface area contributed by atoms with E-state index in [9.17, 15) is 15.0 Å². The highest BCUT2D eigenvalue weighted by atomic mass is 79.9. The van der Waals surface area contributed by atoms with Gasteiger partial charge in [0.1, 0.15) is 5.75 Å². The second kappa shape index (κ2) is 5.79. The van der Waals surface area contributed by atoms with Crippen LogP contribution in [0.3, 0.4) is 0 Å². The van der Waals surface area contributed by atoms with Crippen molar-refractivity contribution >= 4 is 27.8 Å². The summed E-state index contributed by atoms with van der Waals surface area (Å²) >= 11 is 3.23. The van der Waals surface area contributed by atoms with Gasteiger partial charge in [0, 0.05) is 10.0 Å². The van der Waals surface area contributed by atoms with E-state index in [-0.39, 0.29) is 23.0 Å². The molecule has 2 aromatic carbocycles. The van der Waals surface area contributed by atoms with Gasteiger partial charge < -0.3 is 15.3 Å². The van der Waals surface area contributed by atoms with E-state index in [1.54, 1.807) is 0 Å². The highest BCUT2D eigenvalue weighted by Crippen LogP contribution is 2.32. The second-order valence-corrected chi connectivity index (χ2v) is 4.96. The van der Waals surface area contributed by atoms with E-state index in [0.717, 1.165) is 0 Å². The lowest BCUT2D eigenvalue weighted by molar-refractivity contribution is 0.104. The van der Waals surface area contributed by atoms with E-state index in [4.69, 9.17) is 5.11 Å². The van der Waals surface area contributed by atoms with Gasteiger partial charge in [0.25, 0.3) is 0 Å². The van der Waals surface area contributed by atoms with Crippen LogP contribution >= 0.6 is 15.9 Å². The number of halogens is 1. The van der Waals surface area contributed by atoms with Gasteiger partial charge in [0.05, 0.1) is 0 Å². The van der Waals surface area contributed by atoms with E-state index < -0.39 is 0 Å². The SMILES string of the molecule is O=C(/C=C/c1cc(O)c(O)cc1Br)c1ccc(O)cc1. The number of rotatable bonds is 3. The van der Waals surface area contributed by atoms with Crippen LogP contribution in [0.2, 0.25) is 0 Å². The Bertz CT molecular complexity index is 675. The first kappa shape index (κ1) is 14.1. The first-order valence-corrected chi connectivity index (χ1v) is 6.49. The minimum atomic E-state index is -0.259. The maximum absolute atomic E-state index is 11.9. The molecule has 0 heterocycles. The molecule has 0 saturated carbocycles. The third-order valence-electron chi connectivity index (χ3n) is 2.66. The number of phenols is 3. The average Bonchev–Trinajstić information content (AvgIpc) is 2.42. The van der Waals surface area contributed by atoms with Gasteiger partial charge in [0.15, 0.2) is 17.3 Å². The molecular weight excluding hydrogens is 324 g/mol. The summed E-state index contributed by atoms with van der Waals surface area (Å²) in [5.74, 6) is -0.634. The van der Waals surface area contributed by atoms with Crippen LogP contribution in [0.25, 0.3) is 6.08 Å². The molecule has 102 valence electrons. The molecule has 3 N–H and O–H groups in total. The third kappa shape index (κ3) is 3.19. The van der Waals surface area contributed by atoms with Crippen LogP contribution in [0, 0.1) is 0 Å². The number of hydrogen-bond donors (Lipinski definition) is 3. The van der Waals surface area contributed by atoms with Crippen molar-refractivity contribution in [2.24, 2.45) is 0 Å². The number of benzene rings is 2. The lowest BCUT2D eigenvalue weighted by atomic mass is 10.1. The van der Waals surface area contributed by atoms with Crippen LogP contribution in [0.1, 0.15) is 15.9 Å². The second-order valence-electron chi connectivity index (χ2n) is 4.11. The number of carbonyl (C=O) groups excluding carboxylic acids is 1. The van der Waals surface area contributed by atoms with Crippen molar-refractivity contribution in [3.8, 4) is 17.2 Å². The summed E-state index contributed by atoms with van der Waals surface area (Å²) in [6.07, 6.45) is 2.88. The number of phenolic OH excluding ortho intramolecular Hbond substituents is 3. The summed E-state index contributed by atoms with van der Waals surface area (Å²) in [5, 5.41) is 27.9. The Morgan fingerprint density at radius 3 is 2.25 bits per heavy atom. The summed E-state index contributed by atoms with van der Waals surface area (Å²) in [6, 6.07) is 8.60. The van der Waals surface area contributed by atoms with Crippen LogP contribution in [0.15, 0.2) is 46.9 Å². The van der Waals surface area contributed by atoms with Gasteiger partial charge in [-0.25, -0.2) is 0 Å². The van der Waals surface area contributed by atoms with Gasteiger partial charge in [-0.2, -0.15) is 0 Å². The molecule has 0 aliphatic rings. The van der Waals surface area contributed by atoms with Crippen molar-refractivity contribution in [2.75, 3.05) is 0 Å². The van der Waals surface area contributed by atoms with Crippen molar-refractivity contribution in [3.63, 3.8) is 0 Å². The van der Waals surface area contributed by atoms with Crippen molar-refractivity contribution in [1.82, 2.24) is 0 Å². The van der Waals surface area contributed by atoms with Crippen molar-refractivity contribution in [1.29, 1.82) is 0 Å². The Balaban J connectivity index is 2.23. The van der Waals surface area contributed by atoms with E-state index in [1.165, 1.54) is 48.6 Å². The molecule has 0 aromatic heterocycles. The molecule has 0 radical (unpaired) electrons. The largest absolute Gasteiger partial charge is 0.508 e. The zero-order valence-corrected chi connectivity index (χ0v) is 11.8. The fraction of sp³-hybridized carbons (Fsp3) is 0. The van der Waals surface area contributed by atoms with Crippen molar-refractivity contribution in [2.45, 2.75) is 0 Å². The van der Waals surface area contributed by atoms with Crippen LogP contribution in [-0.2, 0) is 0 Å². The van der Waals surface area contributed by atoms with Gasteiger partial charge in [-0.05, 0) is 54.1 Å². The van der Waals surface area contributed by atoms with Gasteiger partial charge in [0.2, 0.25) is 0 Å². The van der Waals surface area contributed by atoms with Gasteiger partial charge in [-0.1, -0.05) is 15.9 Å². The fourth-order valence-electron chi connectivity index (χ4n) is 1.58. The monoisotopic (exact) mass is 334 g/mol. The standard InChI is InChI=1S/C15H11BrO4/c16-12-8-15(20)14(19)7-10(12)3-6-13(18)9-1-4-11(17)5-2-9/h1-8,17,19-20H/b6-3+. The number of allylic oxidation sites excluding steroid dienone is 1. The molecule has 4 nitrogen and oxygen atoms in total.